The van der Waals surface area contributed by atoms with Crippen LogP contribution < -0.4 is 14.5 Å². The molecule has 1 aliphatic carbocycles. The van der Waals surface area contributed by atoms with Crippen molar-refractivity contribution in [1.29, 1.82) is 0 Å². The van der Waals surface area contributed by atoms with Crippen molar-refractivity contribution in [2.75, 3.05) is 56.1 Å². The zero-order chi connectivity index (χ0) is 31.0. The Bertz CT molecular complexity index is 1620. The predicted molar refractivity (Wildman–Crippen MR) is 164 cm³/mol. The Morgan fingerprint density at radius 2 is 2.05 bits per heavy atom. The van der Waals surface area contributed by atoms with Gasteiger partial charge >= 0.3 is 6.01 Å². The molecule has 1 amide bonds. The molecule has 0 N–H and O–H groups in total. The summed E-state index contributed by atoms with van der Waals surface area (Å²) >= 11 is 0. The van der Waals surface area contributed by atoms with Gasteiger partial charge in [0.1, 0.15) is 23.8 Å². The molecule has 2 fully saturated rings. The van der Waals surface area contributed by atoms with Crippen LogP contribution in [0.3, 0.4) is 0 Å². The van der Waals surface area contributed by atoms with Crippen molar-refractivity contribution in [2.45, 2.75) is 50.9 Å². The number of rotatable bonds is 9. The van der Waals surface area contributed by atoms with Gasteiger partial charge < -0.3 is 24.3 Å². The molecule has 10 nitrogen and oxygen atoms in total. The van der Waals surface area contributed by atoms with Gasteiger partial charge in [-0.05, 0) is 39.3 Å². The highest BCUT2D eigenvalue weighted by atomic mass is 19.1. The van der Waals surface area contributed by atoms with Crippen LogP contribution in [0.4, 0.5) is 20.3 Å². The molecule has 0 unspecified atom stereocenters. The molecule has 4 heterocycles. The lowest BCUT2D eigenvalue weighted by Gasteiger charge is -2.41. The van der Waals surface area contributed by atoms with Gasteiger partial charge in [-0.15, -0.1) is 0 Å². The highest BCUT2D eigenvalue weighted by molar-refractivity contribution is 5.94. The maximum atomic E-state index is 15.0. The number of likely N-dealkylation sites (N-methyl/N-ethyl adjacent to an activating group) is 1. The summed E-state index contributed by atoms with van der Waals surface area (Å²) < 4.78 is 35.1. The number of aromatic nitrogens is 3. The Labute approximate surface area is 255 Å². The van der Waals surface area contributed by atoms with Crippen LogP contribution in [-0.2, 0) is 17.8 Å². The number of fused-ring (bicyclic) bond motifs is 2. The van der Waals surface area contributed by atoms with Crippen LogP contribution in [0.15, 0.2) is 43.0 Å². The summed E-state index contributed by atoms with van der Waals surface area (Å²) in [5.74, 6) is -1.43. The first-order chi connectivity index (χ1) is 21.2. The molecule has 1 saturated carbocycles. The first-order valence-electron chi connectivity index (χ1n) is 15.0. The van der Waals surface area contributed by atoms with E-state index in [0.29, 0.717) is 55.5 Å². The number of carbonyl (C=O) groups excluding carboxylic acids is 1. The molecular formula is C32H36F2N8O2. The minimum atomic E-state index is -1.03. The van der Waals surface area contributed by atoms with E-state index in [-0.39, 0.29) is 31.0 Å². The van der Waals surface area contributed by atoms with E-state index in [1.165, 1.54) is 23.8 Å². The summed E-state index contributed by atoms with van der Waals surface area (Å²) in [4.78, 5) is 38.0. The largest absolute Gasteiger partial charge is 0.459 e. The Hall–Kier alpha value is -4.37. The van der Waals surface area contributed by atoms with E-state index >= 15 is 4.39 Å². The molecule has 44 heavy (non-hydrogen) atoms. The van der Waals surface area contributed by atoms with Gasteiger partial charge in [0.2, 0.25) is 6.54 Å². The molecule has 0 radical (unpaired) electrons. The summed E-state index contributed by atoms with van der Waals surface area (Å²) in [5, 5.41) is 1.24. The number of nitrogens with zero attached hydrogens (tertiary/aromatic N) is 8. The van der Waals surface area contributed by atoms with Crippen molar-refractivity contribution < 1.29 is 18.3 Å². The van der Waals surface area contributed by atoms with Crippen molar-refractivity contribution in [2.24, 2.45) is 0 Å². The fourth-order valence-electron chi connectivity index (χ4n) is 6.34. The van der Waals surface area contributed by atoms with E-state index in [1.807, 2.05) is 17.9 Å². The Morgan fingerprint density at radius 1 is 1.23 bits per heavy atom. The van der Waals surface area contributed by atoms with Crippen molar-refractivity contribution >= 4 is 28.2 Å². The minimum absolute atomic E-state index is 0.0319. The summed E-state index contributed by atoms with van der Waals surface area (Å²) in [5.41, 5.74) is 2.41. The predicted octanol–water partition coefficient (Wildman–Crippen LogP) is 4.01. The highest BCUT2D eigenvalue weighted by Crippen LogP contribution is 2.35. The molecule has 0 spiro atoms. The topological polar surface area (TPSA) is 82.3 Å². The lowest BCUT2D eigenvalue weighted by Crippen LogP contribution is -2.57. The molecule has 3 aromatic rings. The van der Waals surface area contributed by atoms with E-state index in [0.717, 1.165) is 23.2 Å². The van der Waals surface area contributed by atoms with Crippen LogP contribution in [0, 0.1) is 12.4 Å². The monoisotopic (exact) mass is 602 g/mol. The Balaban J connectivity index is 1.33. The van der Waals surface area contributed by atoms with Crippen LogP contribution >= 0.6 is 0 Å². The number of hydrogen-bond donors (Lipinski definition) is 0. The van der Waals surface area contributed by atoms with E-state index in [4.69, 9.17) is 21.3 Å². The van der Waals surface area contributed by atoms with Crippen LogP contribution in [0.1, 0.15) is 31.0 Å². The third kappa shape index (κ3) is 6.01. The summed E-state index contributed by atoms with van der Waals surface area (Å²) in [6.45, 7) is 15.3. The zero-order valence-electron chi connectivity index (χ0n) is 25.0. The maximum Gasteiger partial charge on any atom is 0.318 e. The molecule has 12 heteroatoms. The van der Waals surface area contributed by atoms with Crippen molar-refractivity contribution in [3.8, 4) is 6.01 Å². The smallest absolute Gasteiger partial charge is 0.318 e. The van der Waals surface area contributed by atoms with Crippen LogP contribution in [-0.4, -0.2) is 95.2 Å². The summed E-state index contributed by atoms with van der Waals surface area (Å²) in [6.07, 6.45) is 6.16. The quantitative estimate of drug-likeness (QED) is 0.269. The average molecular weight is 603 g/mol. The normalized spacial score (nSPS) is 19.1. The number of piperazine rings is 1. The van der Waals surface area contributed by atoms with Gasteiger partial charge in [0.25, 0.3) is 5.91 Å². The molecule has 6 rings (SSSR count). The third-order valence-corrected chi connectivity index (χ3v) is 8.67. The van der Waals surface area contributed by atoms with Gasteiger partial charge in [0, 0.05) is 61.3 Å². The standard InChI is InChI=1S/C32H36F2N8O2/c1-20(17-39(4)23-8-9-23)44-32-37-27-19-40(28-16-36-14-22-6-5-7-26(34)29(22)28)11-10-25(27)30(38-32)41-12-13-42(31(43)21(2)33)24(18-41)15-35-3/h5-7,14,16,20,23-24H,2,8-13,15,17-19H2,1,4H3/t20-,24+/m1/s1. The van der Waals surface area contributed by atoms with Gasteiger partial charge in [-0.25, -0.2) is 15.4 Å². The van der Waals surface area contributed by atoms with Crippen LogP contribution in [0.2, 0.25) is 0 Å². The van der Waals surface area contributed by atoms with Crippen molar-refractivity contribution in [3.63, 3.8) is 0 Å². The van der Waals surface area contributed by atoms with E-state index in [1.54, 1.807) is 18.5 Å². The van der Waals surface area contributed by atoms with E-state index < -0.39 is 17.8 Å². The second-order valence-corrected chi connectivity index (χ2v) is 11.9. The van der Waals surface area contributed by atoms with Crippen LogP contribution in [0.5, 0.6) is 6.01 Å². The lowest BCUT2D eigenvalue weighted by molar-refractivity contribution is -0.131. The number of amides is 1. The summed E-state index contributed by atoms with van der Waals surface area (Å²) in [6, 6.07) is 5.30. The molecule has 3 aliphatic rings. The molecule has 1 saturated heterocycles. The fraction of sp³-hybridized carbons (Fsp3) is 0.469. The van der Waals surface area contributed by atoms with E-state index in [2.05, 4.69) is 33.3 Å². The fourth-order valence-corrected chi connectivity index (χ4v) is 6.34. The highest BCUT2D eigenvalue weighted by Gasteiger charge is 2.36. The summed E-state index contributed by atoms with van der Waals surface area (Å²) in [7, 11) is 2.09. The van der Waals surface area contributed by atoms with Gasteiger partial charge in [-0.3, -0.25) is 14.7 Å². The molecule has 2 aliphatic heterocycles. The lowest BCUT2D eigenvalue weighted by atomic mass is 10.0. The molecule has 2 atom stereocenters. The minimum Gasteiger partial charge on any atom is -0.459 e. The first-order valence-corrected chi connectivity index (χ1v) is 15.0. The number of carbonyl (C=O) groups is 1. The molecule has 1 aromatic carbocycles. The number of halogens is 2. The van der Waals surface area contributed by atoms with Gasteiger partial charge in [-0.1, -0.05) is 18.7 Å². The second-order valence-electron chi connectivity index (χ2n) is 11.9. The van der Waals surface area contributed by atoms with E-state index in [9.17, 15) is 9.18 Å². The zero-order valence-corrected chi connectivity index (χ0v) is 25.0. The number of anilines is 2. The number of pyridine rings is 1. The molecule has 2 aromatic heterocycles. The molecular weight excluding hydrogens is 566 g/mol. The number of ether oxygens (including phenoxy) is 1. The Morgan fingerprint density at radius 3 is 2.80 bits per heavy atom. The van der Waals surface area contributed by atoms with Crippen molar-refractivity contribution in [1.82, 2.24) is 24.8 Å². The van der Waals surface area contributed by atoms with Gasteiger partial charge in [-0.2, -0.15) is 9.97 Å². The first kappa shape index (κ1) is 29.7. The second kappa shape index (κ2) is 12.3. The molecule has 0 bridgehead atoms. The average Bonchev–Trinajstić information content (AvgIpc) is 3.86. The Kier molecular flexibility index (Phi) is 8.31. The molecule has 230 valence electrons. The van der Waals surface area contributed by atoms with Gasteiger partial charge in [0.15, 0.2) is 5.83 Å². The van der Waals surface area contributed by atoms with Crippen LogP contribution in [0.25, 0.3) is 15.6 Å². The third-order valence-electron chi connectivity index (χ3n) is 8.67. The maximum absolute atomic E-state index is 15.0. The van der Waals surface area contributed by atoms with Gasteiger partial charge in [0.05, 0.1) is 24.1 Å². The number of hydrogen-bond acceptors (Lipinski definition) is 8. The SMILES string of the molecule is [C-]#[N+]C[C@H]1CN(c2nc(O[C@H](C)CN(C)C3CC3)nc3c2CCN(c2cncc4cccc(F)c24)C3)CCN1C(=O)C(=C)F. The van der Waals surface area contributed by atoms with Crippen molar-refractivity contribution in [3.05, 3.63) is 71.5 Å². The number of benzene rings is 1.